The van der Waals surface area contributed by atoms with Gasteiger partial charge >= 0.3 is 5.97 Å². The zero-order valence-electron chi connectivity index (χ0n) is 12.3. The molecule has 0 spiro atoms. The van der Waals surface area contributed by atoms with E-state index >= 15 is 0 Å². The van der Waals surface area contributed by atoms with Crippen LogP contribution in [0.2, 0.25) is 0 Å². The van der Waals surface area contributed by atoms with Crippen LogP contribution in [0.5, 0.6) is 0 Å². The molecule has 0 atom stereocenters. The van der Waals surface area contributed by atoms with E-state index in [-0.39, 0.29) is 32.0 Å². The van der Waals surface area contributed by atoms with Crippen LogP contribution < -0.4 is 5.73 Å². The summed E-state index contributed by atoms with van der Waals surface area (Å²) in [5, 5.41) is 0. The van der Waals surface area contributed by atoms with Crippen molar-refractivity contribution in [3.63, 3.8) is 0 Å². The first-order chi connectivity index (χ1) is 9.11. The summed E-state index contributed by atoms with van der Waals surface area (Å²) >= 11 is 0. The molecule has 0 aliphatic rings. The molecule has 118 valence electrons. The normalized spacial score (nSPS) is 12.2. The minimum absolute atomic E-state index is 0.0254. The number of methoxy groups -OCH3 is 1. The minimum Gasteiger partial charge on any atom is -0.469 e. The number of nitrogens with two attached hydrogens (primary N) is 1. The summed E-state index contributed by atoms with van der Waals surface area (Å²) in [7, 11) is -1.27. The number of ether oxygens (including phenoxy) is 1. The van der Waals surface area contributed by atoms with E-state index in [0.29, 0.717) is 0 Å². The van der Waals surface area contributed by atoms with Crippen LogP contribution in [0.4, 0.5) is 0 Å². The number of hydrogen-bond acceptors (Lipinski definition) is 5. The molecule has 0 bridgehead atoms. The highest BCUT2D eigenvalue weighted by atomic mass is 32.2. The summed E-state index contributed by atoms with van der Waals surface area (Å²) in [5.74, 6) is -1.19. The van der Waals surface area contributed by atoms with E-state index in [4.69, 9.17) is 5.73 Å². The van der Waals surface area contributed by atoms with Crippen molar-refractivity contribution in [1.29, 1.82) is 0 Å². The molecule has 0 aromatic rings. The maximum atomic E-state index is 12.3. The van der Waals surface area contributed by atoms with Crippen molar-refractivity contribution in [3.05, 3.63) is 0 Å². The zero-order chi connectivity index (χ0) is 15.9. The first kappa shape index (κ1) is 18.8. The van der Waals surface area contributed by atoms with Crippen LogP contribution in [0.3, 0.4) is 0 Å². The Morgan fingerprint density at radius 3 is 2.25 bits per heavy atom. The van der Waals surface area contributed by atoms with Crippen LogP contribution in [0.1, 0.15) is 20.3 Å². The molecular formula is C11H23N3O5S. The molecule has 0 aliphatic carbocycles. The number of carbonyl (C=O) groups is 2. The molecule has 0 unspecified atom stereocenters. The van der Waals surface area contributed by atoms with Gasteiger partial charge in [-0.05, 0) is 5.92 Å². The van der Waals surface area contributed by atoms with Crippen molar-refractivity contribution < 1.29 is 22.7 Å². The molecule has 1 amide bonds. The topological polar surface area (TPSA) is 110 Å². The number of carbonyl (C=O) groups excluding carboxylic acids is 2. The number of nitrogens with zero attached hydrogens (tertiary/aromatic N) is 2. The van der Waals surface area contributed by atoms with E-state index in [2.05, 4.69) is 4.74 Å². The highest BCUT2D eigenvalue weighted by molar-refractivity contribution is 7.86. The molecule has 0 heterocycles. The van der Waals surface area contributed by atoms with E-state index in [9.17, 15) is 18.0 Å². The molecule has 9 heteroatoms. The third kappa shape index (κ3) is 6.31. The summed E-state index contributed by atoms with van der Waals surface area (Å²) in [6, 6.07) is 0. The third-order valence-corrected chi connectivity index (χ3v) is 4.38. The van der Waals surface area contributed by atoms with Crippen LogP contribution >= 0.6 is 0 Å². The van der Waals surface area contributed by atoms with E-state index in [0.717, 1.165) is 8.61 Å². The van der Waals surface area contributed by atoms with Gasteiger partial charge in [-0.25, -0.2) is 0 Å². The summed E-state index contributed by atoms with van der Waals surface area (Å²) in [6.45, 7) is 3.43. The first-order valence-corrected chi connectivity index (χ1v) is 7.57. The van der Waals surface area contributed by atoms with Gasteiger partial charge in [-0.1, -0.05) is 13.8 Å². The van der Waals surface area contributed by atoms with Crippen molar-refractivity contribution in [2.45, 2.75) is 20.3 Å². The Kier molecular flexibility index (Phi) is 7.69. The molecule has 0 aromatic heterocycles. The van der Waals surface area contributed by atoms with Crippen molar-refractivity contribution in [2.24, 2.45) is 11.7 Å². The highest BCUT2D eigenvalue weighted by Gasteiger charge is 2.29. The van der Waals surface area contributed by atoms with Gasteiger partial charge in [0.1, 0.15) is 0 Å². The average Bonchev–Trinajstić information content (AvgIpc) is 2.33. The number of hydrogen-bond donors (Lipinski definition) is 1. The van der Waals surface area contributed by atoms with Gasteiger partial charge in [-0.15, -0.1) is 0 Å². The van der Waals surface area contributed by atoms with Crippen molar-refractivity contribution in [2.75, 3.05) is 33.8 Å². The molecule has 2 N–H and O–H groups in total. The standard InChI is InChI=1S/C11H23N3O5S/c1-9(2)7-14(8-10(12)15)20(17,18)13(3)6-5-11(16)19-4/h9H,5-8H2,1-4H3,(H2,12,15). The Bertz CT molecular complexity index is 435. The molecule has 8 nitrogen and oxygen atoms in total. The average molecular weight is 309 g/mol. The second-order valence-corrected chi connectivity index (χ2v) is 6.84. The fourth-order valence-corrected chi connectivity index (χ4v) is 2.98. The lowest BCUT2D eigenvalue weighted by Crippen LogP contribution is -2.47. The van der Waals surface area contributed by atoms with Crippen LogP contribution in [-0.2, 0) is 24.5 Å². The minimum atomic E-state index is -3.84. The van der Waals surface area contributed by atoms with Gasteiger partial charge in [0.05, 0.1) is 20.1 Å². The molecule has 0 rings (SSSR count). The summed E-state index contributed by atoms with van der Waals surface area (Å²) in [6.07, 6.45) is -0.0572. The van der Waals surface area contributed by atoms with E-state index in [1.54, 1.807) is 0 Å². The highest BCUT2D eigenvalue weighted by Crippen LogP contribution is 2.10. The van der Waals surface area contributed by atoms with E-state index < -0.39 is 22.1 Å². The Hall–Kier alpha value is -1.19. The lowest BCUT2D eigenvalue weighted by molar-refractivity contribution is -0.140. The second-order valence-electron chi connectivity index (χ2n) is 4.81. The number of esters is 1. The van der Waals surface area contributed by atoms with Gasteiger partial charge in [-0.3, -0.25) is 9.59 Å². The van der Waals surface area contributed by atoms with Crippen LogP contribution in [0.15, 0.2) is 0 Å². The lowest BCUT2D eigenvalue weighted by atomic mass is 10.2. The number of primary amides is 1. The monoisotopic (exact) mass is 309 g/mol. The van der Waals surface area contributed by atoms with Gasteiger partial charge in [0.15, 0.2) is 0 Å². The van der Waals surface area contributed by atoms with Gasteiger partial charge in [0.25, 0.3) is 10.2 Å². The smallest absolute Gasteiger partial charge is 0.306 e. The summed E-state index contributed by atoms with van der Waals surface area (Å²) in [4.78, 5) is 22.0. The SMILES string of the molecule is COC(=O)CCN(C)S(=O)(=O)N(CC(N)=O)CC(C)C. The molecular weight excluding hydrogens is 286 g/mol. The van der Waals surface area contributed by atoms with Gasteiger partial charge < -0.3 is 10.5 Å². The van der Waals surface area contributed by atoms with Crippen molar-refractivity contribution in [1.82, 2.24) is 8.61 Å². The van der Waals surface area contributed by atoms with Crippen LogP contribution in [0.25, 0.3) is 0 Å². The maximum Gasteiger partial charge on any atom is 0.306 e. The Labute approximate surface area is 120 Å². The first-order valence-electron chi connectivity index (χ1n) is 6.17. The Morgan fingerprint density at radius 1 is 1.30 bits per heavy atom. The van der Waals surface area contributed by atoms with Gasteiger partial charge in [0, 0.05) is 20.1 Å². The lowest BCUT2D eigenvalue weighted by Gasteiger charge is -2.27. The molecule has 0 saturated heterocycles. The summed E-state index contributed by atoms with van der Waals surface area (Å²) in [5.41, 5.74) is 5.07. The van der Waals surface area contributed by atoms with E-state index in [1.165, 1.54) is 14.2 Å². The third-order valence-electron chi connectivity index (χ3n) is 2.48. The molecule has 0 aliphatic heterocycles. The fraction of sp³-hybridized carbons (Fsp3) is 0.818. The van der Waals surface area contributed by atoms with Gasteiger partial charge in [-0.2, -0.15) is 17.0 Å². The van der Waals surface area contributed by atoms with Crippen molar-refractivity contribution >= 4 is 22.1 Å². The zero-order valence-corrected chi connectivity index (χ0v) is 13.1. The largest absolute Gasteiger partial charge is 0.469 e. The molecule has 0 saturated carbocycles. The van der Waals surface area contributed by atoms with Crippen LogP contribution in [0, 0.1) is 5.92 Å². The number of amides is 1. The van der Waals surface area contributed by atoms with E-state index in [1.807, 2.05) is 13.8 Å². The molecule has 0 fully saturated rings. The summed E-state index contributed by atoms with van der Waals surface area (Å²) < 4.78 is 31.1. The Morgan fingerprint density at radius 2 is 1.85 bits per heavy atom. The molecule has 0 radical (unpaired) electrons. The fourth-order valence-electron chi connectivity index (χ4n) is 1.48. The quantitative estimate of drug-likeness (QED) is 0.559. The number of rotatable bonds is 9. The Balaban J connectivity index is 4.91. The van der Waals surface area contributed by atoms with Gasteiger partial charge in [0.2, 0.25) is 5.91 Å². The maximum absolute atomic E-state index is 12.3. The second kappa shape index (κ2) is 8.18. The van der Waals surface area contributed by atoms with Crippen LogP contribution in [-0.4, -0.2) is 62.7 Å². The predicted octanol–water partition coefficient (Wildman–Crippen LogP) is -0.831. The molecule has 20 heavy (non-hydrogen) atoms. The van der Waals surface area contributed by atoms with Crippen molar-refractivity contribution in [3.8, 4) is 0 Å². The predicted molar refractivity (Wildman–Crippen MR) is 73.8 cm³/mol. The molecule has 0 aromatic carbocycles.